The molecule has 2 aromatic rings. The molecule has 0 spiro atoms. The number of amides is 1. The number of rotatable bonds is 6. The summed E-state index contributed by atoms with van der Waals surface area (Å²) in [4.78, 5) is 20.4. The van der Waals surface area contributed by atoms with Gasteiger partial charge < -0.3 is 20.4 Å². The Balaban J connectivity index is 1.39. The third-order valence-electron chi connectivity index (χ3n) is 4.86. The van der Waals surface area contributed by atoms with E-state index in [0.29, 0.717) is 6.42 Å². The lowest BCUT2D eigenvalue weighted by Crippen LogP contribution is -2.57. The van der Waals surface area contributed by atoms with Crippen molar-refractivity contribution in [2.24, 2.45) is 5.92 Å². The van der Waals surface area contributed by atoms with Gasteiger partial charge in [0.2, 0.25) is 11.0 Å². The first-order valence-corrected chi connectivity index (χ1v) is 9.72. The van der Waals surface area contributed by atoms with Crippen LogP contribution in [0.5, 0.6) is 0 Å². The van der Waals surface area contributed by atoms with Gasteiger partial charge in [0.05, 0.1) is 17.1 Å². The molecule has 1 aliphatic heterocycles. The predicted molar refractivity (Wildman–Crippen MR) is 99.2 cm³/mol. The zero-order valence-corrected chi connectivity index (χ0v) is 15.7. The SMILES string of the molecule is CC(NC(=O)[C@H]1C[C@@H]1c1nc2ccccc2[nH]1)C1(OCC(F)(F)F)NC=CS1. The van der Waals surface area contributed by atoms with Gasteiger partial charge in [-0.2, -0.15) is 13.2 Å². The van der Waals surface area contributed by atoms with Gasteiger partial charge in [0.25, 0.3) is 0 Å². The maximum absolute atomic E-state index is 12.6. The molecule has 10 heteroatoms. The number of hydrogen-bond acceptors (Lipinski definition) is 5. The summed E-state index contributed by atoms with van der Waals surface area (Å²) in [5, 5.41) is 5.82. The topological polar surface area (TPSA) is 79.0 Å². The van der Waals surface area contributed by atoms with Crippen molar-refractivity contribution >= 4 is 28.7 Å². The highest BCUT2D eigenvalue weighted by atomic mass is 32.2. The number of fused-ring (bicyclic) bond motifs is 1. The number of benzene rings is 1. The predicted octanol–water partition coefficient (Wildman–Crippen LogP) is 3.21. The van der Waals surface area contributed by atoms with E-state index in [1.54, 1.807) is 12.3 Å². The molecule has 1 aromatic carbocycles. The summed E-state index contributed by atoms with van der Waals surface area (Å²) in [5.41, 5.74) is 1.75. The molecule has 1 saturated carbocycles. The monoisotopic (exact) mass is 412 g/mol. The molecule has 2 aliphatic rings. The Morgan fingerprint density at radius 3 is 2.93 bits per heavy atom. The van der Waals surface area contributed by atoms with Gasteiger partial charge in [-0.15, -0.1) is 0 Å². The quantitative estimate of drug-likeness (QED) is 0.679. The molecule has 1 aliphatic carbocycles. The van der Waals surface area contributed by atoms with Crippen molar-refractivity contribution in [2.45, 2.75) is 36.5 Å². The molecule has 28 heavy (non-hydrogen) atoms. The van der Waals surface area contributed by atoms with Crippen molar-refractivity contribution in [1.29, 1.82) is 0 Å². The molecular formula is C18H19F3N4O2S. The summed E-state index contributed by atoms with van der Waals surface area (Å²) in [5.74, 6) is 0.255. The van der Waals surface area contributed by atoms with Crippen molar-refractivity contribution in [3.05, 3.63) is 41.7 Å². The first-order chi connectivity index (χ1) is 13.3. The minimum Gasteiger partial charge on any atom is -0.353 e. The second-order valence-corrected chi connectivity index (χ2v) is 8.07. The van der Waals surface area contributed by atoms with Crippen LogP contribution in [0.1, 0.15) is 25.1 Å². The van der Waals surface area contributed by atoms with Gasteiger partial charge >= 0.3 is 6.18 Å². The Hall–Kier alpha value is -2.20. The molecule has 2 unspecified atom stereocenters. The maximum Gasteiger partial charge on any atom is 0.411 e. The number of para-hydroxylation sites is 2. The van der Waals surface area contributed by atoms with Crippen LogP contribution < -0.4 is 10.6 Å². The highest BCUT2D eigenvalue weighted by Gasteiger charge is 2.49. The first kappa shape index (κ1) is 19.1. The van der Waals surface area contributed by atoms with Gasteiger partial charge in [0.1, 0.15) is 12.4 Å². The zero-order valence-electron chi connectivity index (χ0n) is 14.9. The van der Waals surface area contributed by atoms with Crippen molar-refractivity contribution in [2.75, 3.05) is 6.61 Å². The molecule has 0 bridgehead atoms. The fourth-order valence-electron chi connectivity index (χ4n) is 3.29. The van der Waals surface area contributed by atoms with E-state index in [2.05, 4.69) is 20.6 Å². The van der Waals surface area contributed by atoms with Crippen LogP contribution in [0.15, 0.2) is 35.9 Å². The van der Waals surface area contributed by atoms with Crippen LogP contribution in [-0.4, -0.2) is 39.8 Å². The van der Waals surface area contributed by atoms with Gasteiger partial charge in [-0.1, -0.05) is 23.9 Å². The number of halogens is 3. The van der Waals surface area contributed by atoms with E-state index in [-0.39, 0.29) is 17.7 Å². The van der Waals surface area contributed by atoms with Crippen LogP contribution in [0.3, 0.4) is 0 Å². The number of H-pyrrole nitrogens is 1. The van der Waals surface area contributed by atoms with Crippen molar-refractivity contribution in [1.82, 2.24) is 20.6 Å². The smallest absolute Gasteiger partial charge is 0.353 e. The number of nitrogens with one attached hydrogen (secondary N) is 3. The Bertz CT molecular complexity index is 873. The van der Waals surface area contributed by atoms with Crippen molar-refractivity contribution < 1.29 is 22.7 Å². The highest BCUT2D eigenvalue weighted by Crippen LogP contribution is 2.47. The summed E-state index contributed by atoms with van der Waals surface area (Å²) < 4.78 is 42.9. The minimum absolute atomic E-state index is 0.0195. The number of imidazole rings is 1. The van der Waals surface area contributed by atoms with Crippen LogP contribution in [0.25, 0.3) is 11.0 Å². The molecule has 1 aromatic heterocycles. The molecule has 4 atom stereocenters. The van der Waals surface area contributed by atoms with E-state index in [1.807, 2.05) is 24.3 Å². The first-order valence-electron chi connectivity index (χ1n) is 8.84. The molecular weight excluding hydrogens is 393 g/mol. The average molecular weight is 412 g/mol. The average Bonchev–Trinajstić information content (AvgIpc) is 3.10. The molecule has 150 valence electrons. The molecule has 1 amide bonds. The maximum atomic E-state index is 12.6. The molecule has 4 rings (SSSR count). The number of hydrogen-bond donors (Lipinski definition) is 3. The lowest BCUT2D eigenvalue weighted by molar-refractivity contribution is -0.195. The van der Waals surface area contributed by atoms with Crippen molar-refractivity contribution in [3.63, 3.8) is 0 Å². The fraction of sp³-hybridized carbons (Fsp3) is 0.444. The van der Waals surface area contributed by atoms with Crippen LogP contribution in [-0.2, 0) is 9.53 Å². The van der Waals surface area contributed by atoms with Crippen LogP contribution in [0, 0.1) is 5.92 Å². The van der Waals surface area contributed by atoms with Gasteiger partial charge in [-0.3, -0.25) is 4.79 Å². The Morgan fingerprint density at radius 1 is 1.46 bits per heavy atom. The number of thioether (sulfide) groups is 1. The molecule has 6 nitrogen and oxygen atoms in total. The molecule has 0 saturated heterocycles. The van der Waals surface area contributed by atoms with Crippen molar-refractivity contribution in [3.8, 4) is 0 Å². The molecule has 1 fully saturated rings. The van der Waals surface area contributed by atoms with Crippen LogP contribution in [0.2, 0.25) is 0 Å². The van der Waals surface area contributed by atoms with E-state index in [0.717, 1.165) is 28.6 Å². The summed E-state index contributed by atoms with van der Waals surface area (Å²) in [6.07, 6.45) is -2.30. The Labute approximate surface area is 163 Å². The number of alkyl halides is 3. The normalized spacial score (nSPS) is 27.6. The number of ether oxygens (including phenoxy) is 1. The largest absolute Gasteiger partial charge is 0.411 e. The summed E-state index contributed by atoms with van der Waals surface area (Å²) in [7, 11) is 0. The third-order valence-corrected chi connectivity index (χ3v) is 6.07. The summed E-state index contributed by atoms with van der Waals surface area (Å²) in [6, 6.07) is 6.94. The van der Waals surface area contributed by atoms with Gasteiger partial charge in [-0.05, 0) is 30.9 Å². The third kappa shape index (κ3) is 3.83. The van der Waals surface area contributed by atoms with Crippen LogP contribution in [0.4, 0.5) is 13.2 Å². The number of carbonyl (C=O) groups excluding carboxylic acids is 1. The van der Waals surface area contributed by atoms with E-state index in [9.17, 15) is 18.0 Å². The van der Waals surface area contributed by atoms with E-state index < -0.39 is 23.9 Å². The lowest BCUT2D eigenvalue weighted by Gasteiger charge is -2.35. The standard InChI is InChI=1S/C18H19F3N4O2S/c1-10(18(22-6-7-28-18)27-9-17(19,20)21)23-16(26)12-8-11(12)15-24-13-4-2-3-5-14(13)25-15/h2-7,10-12,22H,8-9H2,1H3,(H,23,26)(H,24,25)/t10?,11-,12-,18?/m0/s1. The number of aromatic amines is 1. The summed E-state index contributed by atoms with van der Waals surface area (Å²) >= 11 is 1.07. The number of aromatic nitrogens is 2. The van der Waals surface area contributed by atoms with Crippen LogP contribution >= 0.6 is 11.8 Å². The Kier molecular flexibility index (Phi) is 4.78. The number of carbonyl (C=O) groups is 1. The van der Waals surface area contributed by atoms with Gasteiger partial charge in [0, 0.05) is 18.0 Å². The molecule has 0 radical (unpaired) electrons. The van der Waals surface area contributed by atoms with Gasteiger partial charge in [0.15, 0.2) is 0 Å². The van der Waals surface area contributed by atoms with E-state index in [1.165, 1.54) is 6.20 Å². The summed E-state index contributed by atoms with van der Waals surface area (Å²) in [6.45, 7) is 0.222. The zero-order chi connectivity index (χ0) is 19.9. The fourth-order valence-corrected chi connectivity index (χ4v) is 4.15. The second kappa shape index (κ2) is 7.00. The molecule has 2 heterocycles. The molecule has 3 N–H and O–H groups in total. The van der Waals surface area contributed by atoms with Gasteiger partial charge in [-0.25, -0.2) is 4.98 Å². The van der Waals surface area contributed by atoms with E-state index >= 15 is 0 Å². The van der Waals surface area contributed by atoms with E-state index in [4.69, 9.17) is 4.74 Å². The highest BCUT2D eigenvalue weighted by molar-refractivity contribution is 8.03. The minimum atomic E-state index is -4.45. The Morgan fingerprint density at radius 2 is 2.25 bits per heavy atom. The second-order valence-electron chi connectivity index (χ2n) is 6.95. The lowest BCUT2D eigenvalue weighted by atomic mass is 10.2. The number of nitrogens with zero attached hydrogens (tertiary/aromatic N) is 1.